The molecule has 25 heavy (non-hydrogen) atoms. The highest BCUT2D eigenvalue weighted by Gasteiger charge is 2.26. The van der Waals surface area contributed by atoms with E-state index in [4.69, 9.17) is 4.74 Å². The maximum Gasteiger partial charge on any atom is 0.407 e. The van der Waals surface area contributed by atoms with E-state index >= 15 is 0 Å². The molecule has 0 aliphatic carbocycles. The molecule has 1 fully saturated rings. The van der Waals surface area contributed by atoms with Crippen molar-refractivity contribution in [1.29, 1.82) is 0 Å². The van der Waals surface area contributed by atoms with Crippen LogP contribution in [-0.2, 0) is 11.3 Å². The molecule has 142 valence electrons. The number of hydrogen-bond acceptors (Lipinski definition) is 4. The van der Waals surface area contributed by atoms with Crippen LogP contribution in [0.2, 0.25) is 0 Å². The predicted molar refractivity (Wildman–Crippen MR) is 105 cm³/mol. The summed E-state index contributed by atoms with van der Waals surface area (Å²) in [6.45, 7) is 8.43. The molecule has 0 bridgehead atoms. The third kappa shape index (κ3) is 5.82. The molecule has 2 heterocycles. The molecule has 1 aromatic heterocycles. The van der Waals surface area contributed by atoms with Gasteiger partial charge in [0.1, 0.15) is 9.93 Å². The molecule has 8 heteroatoms. The number of hydrogen-bond donors (Lipinski definition) is 1. The highest BCUT2D eigenvalue weighted by Crippen LogP contribution is 2.24. The van der Waals surface area contributed by atoms with Crippen LogP contribution in [0.3, 0.4) is 0 Å². The molecule has 1 atom stereocenters. The minimum atomic E-state index is -0.877. The first-order valence-electron chi connectivity index (χ1n) is 8.72. The Morgan fingerprint density at radius 3 is 2.72 bits per heavy atom. The van der Waals surface area contributed by atoms with Crippen LogP contribution in [0.1, 0.15) is 51.8 Å². The third-order valence-corrected chi connectivity index (χ3v) is 5.30. The van der Waals surface area contributed by atoms with E-state index in [0.29, 0.717) is 13.1 Å². The van der Waals surface area contributed by atoms with Gasteiger partial charge in [-0.25, -0.2) is 9.48 Å². The molecule has 2 rings (SSSR count). The van der Waals surface area contributed by atoms with Crippen molar-refractivity contribution in [2.24, 2.45) is 0 Å². The monoisotopic (exact) mass is 464 g/mol. The summed E-state index contributed by atoms with van der Waals surface area (Å²) < 4.78 is 8.70. The van der Waals surface area contributed by atoms with Crippen molar-refractivity contribution < 1.29 is 14.6 Å². The van der Waals surface area contributed by atoms with Gasteiger partial charge in [0, 0.05) is 43.5 Å². The van der Waals surface area contributed by atoms with Gasteiger partial charge in [0.25, 0.3) is 0 Å². The largest absolute Gasteiger partial charge is 0.465 e. The lowest BCUT2D eigenvalue weighted by Crippen LogP contribution is -2.48. The topological polar surface area (TPSA) is 70.8 Å². The molecule has 0 aromatic carbocycles. The van der Waals surface area contributed by atoms with Gasteiger partial charge < -0.3 is 19.6 Å². The van der Waals surface area contributed by atoms with Crippen LogP contribution in [0.5, 0.6) is 0 Å². The summed E-state index contributed by atoms with van der Waals surface area (Å²) in [4.78, 5) is 15.0. The van der Waals surface area contributed by atoms with E-state index in [9.17, 15) is 9.90 Å². The first-order chi connectivity index (χ1) is 11.7. The van der Waals surface area contributed by atoms with Gasteiger partial charge in [-0.1, -0.05) is 0 Å². The first-order valence-corrected chi connectivity index (χ1v) is 9.80. The minimum Gasteiger partial charge on any atom is -0.465 e. The average Bonchev–Trinajstić information content (AvgIpc) is 2.87. The fourth-order valence-electron chi connectivity index (χ4n) is 2.95. The zero-order chi connectivity index (χ0) is 18.6. The van der Waals surface area contributed by atoms with Crippen molar-refractivity contribution in [3.05, 3.63) is 15.5 Å². The highest BCUT2D eigenvalue weighted by atomic mass is 127. The first kappa shape index (κ1) is 20.4. The Morgan fingerprint density at radius 1 is 1.44 bits per heavy atom. The molecular formula is C17H29IN4O3. The van der Waals surface area contributed by atoms with E-state index in [1.807, 2.05) is 32.5 Å². The second-order valence-electron chi connectivity index (χ2n) is 7.59. The van der Waals surface area contributed by atoms with E-state index in [-0.39, 0.29) is 6.23 Å². The highest BCUT2D eigenvalue weighted by molar-refractivity contribution is 14.1. The van der Waals surface area contributed by atoms with Crippen molar-refractivity contribution in [1.82, 2.24) is 19.6 Å². The maximum absolute atomic E-state index is 11.4. The molecule has 1 aliphatic rings. The van der Waals surface area contributed by atoms with Crippen molar-refractivity contribution in [2.75, 3.05) is 26.7 Å². The van der Waals surface area contributed by atoms with E-state index < -0.39 is 11.6 Å². The minimum absolute atomic E-state index is 0.0460. The maximum atomic E-state index is 11.4. The van der Waals surface area contributed by atoms with Crippen molar-refractivity contribution in [2.45, 2.75) is 58.3 Å². The van der Waals surface area contributed by atoms with Gasteiger partial charge in [-0.3, -0.25) is 0 Å². The summed E-state index contributed by atoms with van der Waals surface area (Å²) in [5, 5.41) is 14.0. The summed E-state index contributed by atoms with van der Waals surface area (Å²) in [5.41, 5.74) is 0.750. The smallest absolute Gasteiger partial charge is 0.407 e. The number of likely N-dealkylation sites (N-methyl/N-ethyl adjacent to an activating group) is 1. The summed E-state index contributed by atoms with van der Waals surface area (Å²) in [7, 11) is 2.01. The number of amides is 1. The van der Waals surface area contributed by atoms with E-state index in [1.165, 1.54) is 11.3 Å². The molecule has 1 amide bonds. The quantitative estimate of drug-likeness (QED) is 0.654. The van der Waals surface area contributed by atoms with Crippen LogP contribution in [-0.4, -0.2) is 63.1 Å². The second kappa shape index (κ2) is 8.68. The molecule has 1 N–H and O–H groups in total. The fraction of sp³-hybridized carbons (Fsp3) is 0.765. The number of ether oxygens (including phenoxy) is 1. The number of carboxylic acid groups (broad SMARTS) is 1. The number of halogens is 1. The molecule has 0 radical (unpaired) electrons. The third-order valence-electron chi connectivity index (χ3n) is 4.39. The van der Waals surface area contributed by atoms with Crippen LogP contribution in [0.4, 0.5) is 4.79 Å². The number of aromatic nitrogens is 2. The van der Waals surface area contributed by atoms with Gasteiger partial charge in [0.05, 0.1) is 0 Å². The zero-order valence-corrected chi connectivity index (χ0v) is 17.7. The zero-order valence-electron chi connectivity index (χ0n) is 15.5. The van der Waals surface area contributed by atoms with Crippen molar-refractivity contribution in [3.63, 3.8) is 0 Å². The lowest BCUT2D eigenvalue weighted by molar-refractivity contribution is -0.0397. The summed E-state index contributed by atoms with van der Waals surface area (Å²) in [6, 6.07) is 0. The predicted octanol–water partition coefficient (Wildman–Crippen LogP) is 3.40. The number of rotatable bonds is 6. The molecular weight excluding hydrogens is 435 g/mol. The Bertz CT molecular complexity index is 579. The van der Waals surface area contributed by atoms with E-state index in [2.05, 4.69) is 38.8 Å². The Labute approximate surface area is 163 Å². The van der Waals surface area contributed by atoms with Gasteiger partial charge in [0.2, 0.25) is 0 Å². The fourth-order valence-corrected chi connectivity index (χ4v) is 3.51. The molecule has 0 spiro atoms. The van der Waals surface area contributed by atoms with Gasteiger partial charge in [-0.05, 0) is 69.7 Å². The summed E-state index contributed by atoms with van der Waals surface area (Å²) in [5.74, 6) is 0. The summed E-state index contributed by atoms with van der Waals surface area (Å²) in [6.07, 6.45) is 4.54. The molecule has 1 unspecified atom stereocenters. The lowest BCUT2D eigenvalue weighted by atomic mass is 10.1. The van der Waals surface area contributed by atoms with Crippen LogP contribution < -0.4 is 0 Å². The standard InChI is InChI=1S/C17H29IN4O3/c1-17(2,3)21(16(23)24)9-8-20(4)11-13-12-22(19-15(13)18)14-7-5-6-10-25-14/h12,14H,5-11H2,1-4H3,(H,23,24). The SMILES string of the molecule is CN(CCN(C(=O)O)C(C)(C)C)Cc1cn(C2CCCCO2)nc1I. The normalized spacial score (nSPS) is 18.6. The van der Waals surface area contributed by atoms with Crippen molar-refractivity contribution >= 4 is 28.7 Å². The average molecular weight is 464 g/mol. The summed E-state index contributed by atoms with van der Waals surface area (Å²) >= 11 is 2.26. The van der Waals surface area contributed by atoms with E-state index in [0.717, 1.165) is 35.3 Å². The molecule has 0 saturated carbocycles. The van der Waals surface area contributed by atoms with Crippen LogP contribution in [0.15, 0.2) is 6.20 Å². The van der Waals surface area contributed by atoms with Gasteiger partial charge >= 0.3 is 6.09 Å². The van der Waals surface area contributed by atoms with Gasteiger partial charge in [0.15, 0.2) is 0 Å². The Morgan fingerprint density at radius 2 is 2.16 bits per heavy atom. The van der Waals surface area contributed by atoms with Gasteiger partial charge in [-0.2, -0.15) is 5.10 Å². The lowest BCUT2D eigenvalue weighted by Gasteiger charge is -2.34. The van der Waals surface area contributed by atoms with E-state index in [1.54, 1.807) is 0 Å². The Hall–Kier alpha value is -0.870. The van der Waals surface area contributed by atoms with Gasteiger partial charge in [-0.15, -0.1) is 0 Å². The van der Waals surface area contributed by atoms with Crippen molar-refractivity contribution in [3.8, 4) is 0 Å². The second-order valence-corrected chi connectivity index (χ2v) is 8.61. The number of nitrogens with zero attached hydrogens (tertiary/aromatic N) is 4. The molecule has 7 nitrogen and oxygen atoms in total. The van der Waals surface area contributed by atoms with Crippen LogP contribution in [0, 0.1) is 3.70 Å². The van der Waals surface area contributed by atoms with Crippen LogP contribution >= 0.6 is 22.6 Å². The Kier molecular flexibility index (Phi) is 7.10. The molecule has 1 aromatic rings. The molecule has 1 aliphatic heterocycles. The number of carbonyl (C=O) groups is 1. The Balaban J connectivity index is 1.92. The molecule has 1 saturated heterocycles. The van der Waals surface area contributed by atoms with Crippen LogP contribution in [0.25, 0.3) is 0 Å².